The smallest absolute Gasteiger partial charge is 0.226 e. The summed E-state index contributed by atoms with van der Waals surface area (Å²) in [4.78, 5) is 18.5. The molecule has 2 aromatic rings. The van der Waals surface area contributed by atoms with Gasteiger partial charge < -0.3 is 20.5 Å². The number of nitrogens with zero attached hydrogens (tertiary/aromatic N) is 4. The molecule has 2 rings (SSSR count). The van der Waals surface area contributed by atoms with E-state index in [0.717, 1.165) is 37.3 Å². The number of aromatic amines is 1. The van der Waals surface area contributed by atoms with E-state index in [0.29, 0.717) is 17.6 Å². The van der Waals surface area contributed by atoms with Gasteiger partial charge in [0.2, 0.25) is 5.95 Å². The number of imidazole rings is 1. The minimum absolute atomic E-state index is 0.327. The van der Waals surface area contributed by atoms with Gasteiger partial charge in [-0.1, -0.05) is 6.92 Å². The number of hydrogen-bond acceptors (Lipinski definition) is 6. The molecule has 7 nitrogen and oxygen atoms in total. The van der Waals surface area contributed by atoms with Crippen molar-refractivity contribution in [1.82, 2.24) is 24.8 Å². The van der Waals surface area contributed by atoms with E-state index in [9.17, 15) is 0 Å². The number of rotatable bonds is 8. The molecule has 0 aliphatic heterocycles. The highest BCUT2D eigenvalue weighted by Gasteiger charge is 2.12. The second-order valence-corrected chi connectivity index (χ2v) is 5.56. The molecule has 0 bridgehead atoms. The SMILES string of the molecule is CCCNc1nc(NC(C)CCN(C)C)c2[nH]cnc2n1. The molecule has 0 aromatic carbocycles. The number of H-pyrrole nitrogens is 1. The summed E-state index contributed by atoms with van der Waals surface area (Å²) in [6.07, 6.45) is 3.73. The first-order chi connectivity index (χ1) is 10.1. The van der Waals surface area contributed by atoms with Gasteiger partial charge in [0.15, 0.2) is 11.5 Å². The molecule has 0 saturated heterocycles. The summed E-state index contributed by atoms with van der Waals surface area (Å²) in [5, 5.41) is 6.67. The van der Waals surface area contributed by atoms with Crippen LogP contribution in [0.1, 0.15) is 26.7 Å². The normalized spacial score (nSPS) is 12.8. The van der Waals surface area contributed by atoms with E-state index >= 15 is 0 Å². The number of hydrogen-bond donors (Lipinski definition) is 3. The Labute approximate surface area is 125 Å². The summed E-state index contributed by atoms with van der Waals surface area (Å²) in [6, 6.07) is 0.327. The quantitative estimate of drug-likeness (QED) is 0.689. The lowest BCUT2D eigenvalue weighted by Crippen LogP contribution is -2.23. The van der Waals surface area contributed by atoms with Crippen molar-refractivity contribution in [3.05, 3.63) is 6.33 Å². The zero-order chi connectivity index (χ0) is 15.2. The molecule has 21 heavy (non-hydrogen) atoms. The van der Waals surface area contributed by atoms with E-state index in [1.807, 2.05) is 0 Å². The standard InChI is InChI=1S/C14H25N7/c1-5-7-15-14-19-12-11(16-9-17-12)13(20-14)18-10(2)6-8-21(3)4/h9-10H,5-8H2,1-4H3,(H3,15,16,17,18,19,20). The monoisotopic (exact) mass is 291 g/mol. The van der Waals surface area contributed by atoms with E-state index in [2.05, 4.69) is 63.4 Å². The van der Waals surface area contributed by atoms with Crippen LogP contribution in [-0.2, 0) is 0 Å². The topological polar surface area (TPSA) is 81.8 Å². The molecule has 0 fully saturated rings. The number of nitrogens with one attached hydrogen (secondary N) is 3. The molecule has 7 heteroatoms. The molecule has 1 atom stereocenters. The maximum absolute atomic E-state index is 4.56. The molecule has 0 amide bonds. The minimum Gasteiger partial charge on any atom is -0.366 e. The highest BCUT2D eigenvalue weighted by Crippen LogP contribution is 2.19. The van der Waals surface area contributed by atoms with E-state index in [-0.39, 0.29) is 0 Å². The number of aromatic nitrogens is 4. The van der Waals surface area contributed by atoms with Gasteiger partial charge in [-0.05, 0) is 40.4 Å². The van der Waals surface area contributed by atoms with Crippen molar-refractivity contribution in [2.75, 3.05) is 37.8 Å². The number of fused-ring (bicyclic) bond motifs is 1. The van der Waals surface area contributed by atoms with Gasteiger partial charge in [0.1, 0.15) is 5.52 Å². The predicted octanol–water partition coefficient (Wildman–Crippen LogP) is 1.93. The van der Waals surface area contributed by atoms with Gasteiger partial charge in [0.05, 0.1) is 6.33 Å². The Balaban J connectivity index is 2.14. The van der Waals surface area contributed by atoms with Crippen LogP contribution in [0.5, 0.6) is 0 Å². The van der Waals surface area contributed by atoms with Crippen molar-refractivity contribution >= 4 is 22.9 Å². The molecule has 0 aliphatic carbocycles. The molecule has 0 aliphatic rings. The summed E-state index contributed by atoms with van der Waals surface area (Å²) in [5.41, 5.74) is 1.54. The lowest BCUT2D eigenvalue weighted by molar-refractivity contribution is 0.390. The van der Waals surface area contributed by atoms with E-state index in [1.54, 1.807) is 6.33 Å². The van der Waals surface area contributed by atoms with Gasteiger partial charge in [-0.25, -0.2) is 4.98 Å². The third-order valence-electron chi connectivity index (χ3n) is 3.21. The first-order valence-corrected chi connectivity index (χ1v) is 7.46. The first-order valence-electron chi connectivity index (χ1n) is 7.46. The molecular formula is C14H25N7. The fourth-order valence-corrected chi connectivity index (χ4v) is 2.01. The fourth-order valence-electron chi connectivity index (χ4n) is 2.01. The van der Waals surface area contributed by atoms with E-state index in [4.69, 9.17) is 0 Å². The van der Waals surface area contributed by atoms with Crippen LogP contribution in [0.25, 0.3) is 11.2 Å². The van der Waals surface area contributed by atoms with E-state index in [1.165, 1.54) is 0 Å². The Kier molecular flexibility index (Phi) is 5.32. The average molecular weight is 291 g/mol. The summed E-state index contributed by atoms with van der Waals surface area (Å²) in [6.45, 7) is 6.16. The Bertz CT molecular complexity index is 563. The average Bonchev–Trinajstić information content (AvgIpc) is 2.91. The predicted molar refractivity (Wildman–Crippen MR) is 86.7 cm³/mol. The molecule has 0 radical (unpaired) electrons. The molecule has 0 saturated carbocycles. The largest absolute Gasteiger partial charge is 0.366 e. The van der Waals surface area contributed by atoms with Gasteiger partial charge in [-0.15, -0.1) is 0 Å². The van der Waals surface area contributed by atoms with Gasteiger partial charge >= 0.3 is 0 Å². The summed E-state index contributed by atoms with van der Waals surface area (Å²) in [7, 11) is 4.16. The fraction of sp³-hybridized carbons (Fsp3) is 0.643. The molecule has 2 aromatic heterocycles. The van der Waals surface area contributed by atoms with Crippen LogP contribution in [0.4, 0.5) is 11.8 Å². The summed E-state index contributed by atoms with van der Waals surface area (Å²) in [5.74, 6) is 1.43. The first kappa shape index (κ1) is 15.5. The summed E-state index contributed by atoms with van der Waals surface area (Å²) < 4.78 is 0. The van der Waals surface area contributed by atoms with Gasteiger partial charge in [-0.2, -0.15) is 9.97 Å². The molecule has 116 valence electrons. The molecule has 2 heterocycles. The molecule has 0 spiro atoms. The lowest BCUT2D eigenvalue weighted by Gasteiger charge is -2.18. The summed E-state index contributed by atoms with van der Waals surface area (Å²) >= 11 is 0. The van der Waals surface area contributed by atoms with Crippen LogP contribution < -0.4 is 10.6 Å². The lowest BCUT2D eigenvalue weighted by atomic mass is 10.2. The highest BCUT2D eigenvalue weighted by molar-refractivity contribution is 5.83. The van der Waals surface area contributed by atoms with Crippen LogP contribution in [-0.4, -0.2) is 58.1 Å². The van der Waals surface area contributed by atoms with Crippen LogP contribution >= 0.6 is 0 Å². The third kappa shape index (κ3) is 4.29. The Morgan fingerprint density at radius 2 is 2.14 bits per heavy atom. The van der Waals surface area contributed by atoms with Crippen molar-refractivity contribution < 1.29 is 0 Å². The van der Waals surface area contributed by atoms with Crippen molar-refractivity contribution in [1.29, 1.82) is 0 Å². The van der Waals surface area contributed by atoms with Crippen molar-refractivity contribution in [2.45, 2.75) is 32.7 Å². The van der Waals surface area contributed by atoms with Gasteiger partial charge in [0.25, 0.3) is 0 Å². The van der Waals surface area contributed by atoms with Crippen molar-refractivity contribution in [3.63, 3.8) is 0 Å². The maximum atomic E-state index is 4.56. The Morgan fingerprint density at radius 3 is 2.86 bits per heavy atom. The van der Waals surface area contributed by atoms with Crippen LogP contribution in [0.15, 0.2) is 6.33 Å². The molecular weight excluding hydrogens is 266 g/mol. The van der Waals surface area contributed by atoms with Gasteiger partial charge in [-0.3, -0.25) is 0 Å². The minimum atomic E-state index is 0.327. The maximum Gasteiger partial charge on any atom is 0.226 e. The highest BCUT2D eigenvalue weighted by atomic mass is 15.2. The van der Waals surface area contributed by atoms with Crippen molar-refractivity contribution in [3.8, 4) is 0 Å². The number of anilines is 2. The zero-order valence-corrected chi connectivity index (χ0v) is 13.3. The molecule has 3 N–H and O–H groups in total. The Morgan fingerprint density at radius 1 is 1.33 bits per heavy atom. The van der Waals surface area contributed by atoms with Crippen LogP contribution in [0.3, 0.4) is 0 Å². The molecule has 1 unspecified atom stereocenters. The van der Waals surface area contributed by atoms with E-state index < -0.39 is 0 Å². The van der Waals surface area contributed by atoms with Crippen LogP contribution in [0.2, 0.25) is 0 Å². The third-order valence-corrected chi connectivity index (χ3v) is 3.21. The van der Waals surface area contributed by atoms with Gasteiger partial charge in [0, 0.05) is 12.6 Å². The zero-order valence-electron chi connectivity index (χ0n) is 13.3. The second-order valence-electron chi connectivity index (χ2n) is 5.56. The van der Waals surface area contributed by atoms with Crippen molar-refractivity contribution in [2.24, 2.45) is 0 Å². The second kappa shape index (κ2) is 7.21. The Hall–Kier alpha value is -1.89. The van der Waals surface area contributed by atoms with Crippen LogP contribution in [0, 0.1) is 0 Å².